The van der Waals surface area contributed by atoms with E-state index in [2.05, 4.69) is 39.6 Å². The molecule has 0 unspecified atom stereocenters. The summed E-state index contributed by atoms with van der Waals surface area (Å²) in [7, 11) is 2.06. The zero-order chi connectivity index (χ0) is 43.0. The Morgan fingerprint density at radius 2 is 1.52 bits per heavy atom. The third kappa shape index (κ3) is 8.28. The zero-order valence-electron chi connectivity index (χ0n) is 35.8. The molecule has 13 heteroatoms. The number of anilines is 1. The van der Waals surface area contributed by atoms with Crippen molar-refractivity contribution < 1.29 is 33.7 Å². The van der Waals surface area contributed by atoms with Crippen molar-refractivity contribution >= 4 is 23.4 Å². The van der Waals surface area contributed by atoms with Crippen molar-refractivity contribution in [3.63, 3.8) is 0 Å². The second-order valence-electron chi connectivity index (χ2n) is 17.4. The van der Waals surface area contributed by atoms with E-state index in [0.29, 0.717) is 85.3 Å². The number of aromatic hydroxyl groups is 1. The van der Waals surface area contributed by atoms with Gasteiger partial charge in [0, 0.05) is 93.1 Å². The normalized spacial score (nSPS) is 18.8. The van der Waals surface area contributed by atoms with Crippen molar-refractivity contribution in [2.75, 3.05) is 77.8 Å². The number of amides is 3. The number of hydrogen-bond donors (Lipinski definition) is 1. The van der Waals surface area contributed by atoms with Gasteiger partial charge in [-0.05, 0) is 104 Å². The average molecular weight is 851 g/mol. The number of morpholine rings is 1. The highest BCUT2D eigenvalue weighted by Gasteiger charge is 2.36. The molecule has 1 aromatic heterocycles. The van der Waals surface area contributed by atoms with Crippen molar-refractivity contribution in [2.45, 2.75) is 51.4 Å². The van der Waals surface area contributed by atoms with Crippen LogP contribution in [-0.2, 0) is 37.2 Å². The molecule has 10 rings (SSSR count). The first-order valence-electron chi connectivity index (χ1n) is 22.3. The minimum atomic E-state index is -0.208. The molecule has 5 aliphatic heterocycles. The maximum absolute atomic E-state index is 15.3. The number of carbonyl (C=O) groups excluding carboxylic acids is 3. The summed E-state index contributed by atoms with van der Waals surface area (Å²) >= 11 is 0. The molecule has 0 aliphatic carbocycles. The lowest BCUT2D eigenvalue weighted by atomic mass is 9.92. The monoisotopic (exact) mass is 850 g/mol. The standard InChI is InChI=1S/C50H54N6O7/c1-51-17-19-53(20-18-51)48(58)36-10-6-7-34(25-36)30-55(38-12-14-40(57)15-13-38)50(60)43-27-45(54-16-5-4-11-44(43)54)41-28-46-47(63-33-62-46)29-42(41)49(59)56-31-37-9-3-2-8-35(37)26-39(56)32-52-21-23-61-24-22-52/h2-3,6-10,12-15,25,27-29,39,57H,4-5,11,16-24,26,30-33H2,1H3/t39-/m0/s1. The van der Waals surface area contributed by atoms with E-state index in [4.69, 9.17) is 14.2 Å². The summed E-state index contributed by atoms with van der Waals surface area (Å²) in [5.74, 6) is 0.865. The van der Waals surface area contributed by atoms with Gasteiger partial charge in [0.25, 0.3) is 17.7 Å². The Bertz CT molecular complexity index is 2520. The summed E-state index contributed by atoms with van der Waals surface area (Å²) in [6.45, 7) is 8.14. The first-order valence-corrected chi connectivity index (χ1v) is 22.3. The molecular weight excluding hydrogens is 797 g/mol. The maximum atomic E-state index is 15.3. The first-order chi connectivity index (χ1) is 30.8. The van der Waals surface area contributed by atoms with Gasteiger partial charge in [-0.2, -0.15) is 0 Å². The number of piperazine rings is 1. The lowest BCUT2D eigenvalue weighted by molar-refractivity contribution is 0.0193. The molecule has 5 aliphatic rings. The third-order valence-electron chi connectivity index (χ3n) is 13.4. The number of rotatable bonds is 9. The minimum absolute atomic E-state index is 0.0196. The van der Waals surface area contributed by atoms with Crippen LogP contribution in [0.25, 0.3) is 11.3 Å². The predicted octanol–water partition coefficient (Wildman–Crippen LogP) is 6.06. The number of fused-ring (bicyclic) bond motifs is 3. The van der Waals surface area contributed by atoms with Gasteiger partial charge in [0.15, 0.2) is 11.5 Å². The number of aromatic nitrogens is 1. The number of phenols is 1. The van der Waals surface area contributed by atoms with E-state index < -0.39 is 0 Å². The van der Waals surface area contributed by atoms with Crippen LogP contribution in [0.4, 0.5) is 5.69 Å². The molecule has 6 heterocycles. The van der Waals surface area contributed by atoms with Crippen molar-refractivity contribution in [2.24, 2.45) is 0 Å². The van der Waals surface area contributed by atoms with E-state index in [9.17, 15) is 9.90 Å². The largest absolute Gasteiger partial charge is 0.508 e. The fourth-order valence-corrected chi connectivity index (χ4v) is 9.88. The van der Waals surface area contributed by atoms with Gasteiger partial charge < -0.3 is 43.5 Å². The fourth-order valence-electron chi connectivity index (χ4n) is 9.88. The van der Waals surface area contributed by atoms with Gasteiger partial charge in [-0.3, -0.25) is 19.3 Å². The Balaban J connectivity index is 1.02. The van der Waals surface area contributed by atoms with Crippen LogP contribution >= 0.6 is 0 Å². The Kier molecular flexibility index (Phi) is 11.4. The SMILES string of the molecule is CN1CCN(C(=O)c2cccc(CN(C(=O)c3cc(-c4cc5c(cc4C(=O)N4Cc6ccccc6C[C@H]4CN4CCOCC4)OCO5)n4c3CCCC4)c3ccc(O)cc3)c2)CC1. The molecule has 0 bridgehead atoms. The number of ether oxygens (including phenoxy) is 3. The van der Waals surface area contributed by atoms with Crippen molar-refractivity contribution in [1.82, 2.24) is 24.2 Å². The number of likely N-dealkylation sites (N-methyl/N-ethyl adjacent to an activating group) is 1. The van der Waals surface area contributed by atoms with E-state index in [1.54, 1.807) is 29.2 Å². The van der Waals surface area contributed by atoms with Gasteiger partial charge in [0.05, 0.1) is 30.9 Å². The second kappa shape index (κ2) is 17.5. The predicted molar refractivity (Wildman–Crippen MR) is 238 cm³/mol. The van der Waals surface area contributed by atoms with Crippen molar-refractivity contribution in [1.29, 1.82) is 0 Å². The van der Waals surface area contributed by atoms with Gasteiger partial charge in [-0.15, -0.1) is 0 Å². The Morgan fingerprint density at radius 1 is 0.762 bits per heavy atom. The third-order valence-corrected chi connectivity index (χ3v) is 13.4. The molecule has 0 radical (unpaired) electrons. The van der Waals surface area contributed by atoms with Crippen molar-refractivity contribution in [3.8, 4) is 28.5 Å². The maximum Gasteiger partial charge on any atom is 0.260 e. The smallest absolute Gasteiger partial charge is 0.260 e. The van der Waals surface area contributed by atoms with Gasteiger partial charge >= 0.3 is 0 Å². The summed E-state index contributed by atoms with van der Waals surface area (Å²) in [4.78, 5) is 54.5. The molecule has 0 saturated carbocycles. The molecular formula is C50H54N6O7. The Hall–Kier alpha value is -6.15. The molecule has 5 aromatic rings. The van der Waals surface area contributed by atoms with Crippen LogP contribution in [-0.4, -0.2) is 126 Å². The van der Waals surface area contributed by atoms with Gasteiger partial charge in [0.1, 0.15) is 5.75 Å². The van der Waals surface area contributed by atoms with Gasteiger partial charge in [-0.1, -0.05) is 36.4 Å². The number of carbonyl (C=O) groups is 3. The molecule has 3 amide bonds. The number of phenolic OH excluding ortho intramolecular Hbond substituents is 1. The van der Waals surface area contributed by atoms with E-state index in [1.807, 2.05) is 58.3 Å². The topological polar surface area (TPSA) is 120 Å². The van der Waals surface area contributed by atoms with Crippen molar-refractivity contribution in [3.05, 3.63) is 130 Å². The molecule has 2 saturated heterocycles. The lowest BCUT2D eigenvalue weighted by Crippen LogP contribution is -2.52. The van der Waals surface area contributed by atoms with Crippen LogP contribution in [0.5, 0.6) is 17.2 Å². The van der Waals surface area contributed by atoms with E-state index >= 15 is 9.59 Å². The Morgan fingerprint density at radius 3 is 2.32 bits per heavy atom. The highest BCUT2D eigenvalue weighted by atomic mass is 16.7. The van der Waals surface area contributed by atoms with E-state index in [-0.39, 0.29) is 42.9 Å². The van der Waals surface area contributed by atoms with E-state index in [1.165, 1.54) is 5.56 Å². The van der Waals surface area contributed by atoms with Crippen LogP contribution in [0.2, 0.25) is 0 Å². The molecule has 4 aromatic carbocycles. The summed E-state index contributed by atoms with van der Waals surface area (Å²) < 4.78 is 19.7. The minimum Gasteiger partial charge on any atom is -0.508 e. The van der Waals surface area contributed by atoms with Crippen LogP contribution in [0.3, 0.4) is 0 Å². The van der Waals surface area contributed by atoms with Crippen LogP contribution < -0.4 is 14.4 Å². The molecule has 0 spiro atoms. The molecule has 1 N–H and O–H groups in total. The second-order valence-corrected chi connectivity index (χ2v) is 17.4. The van der Waals surface area contributed by atoms with Crippen LogP contribution in [0.15, 0.2) is 91.0 Å². The van der Waals surface area contributed by atoms with Gasteiger partial charge in [-0.25, -0.2) is 0 Å². The first kappa shape index (κ1) is 40.9. The molecule has 1 atom stereocenters. The highest BCUT2D eigenvalue weighted by Crippen LogP contribution is 2.42. The quantitative estimate of drug-likeness (QED) is 0.189. The summed E-state index contributed by atoms with van der Waals surface area (Å²) in [6, 6.07) is 28.2. The molecule has 326 valence electrons. The summed E-state index contributed by atoms with van der Waals surface area (Å²) in [5.41, 5.74) is 7.86. The van der Waals surface area contributed by atoms with E-state index in [0.717, 1.165) is 74.5 Å². The van der Waals surface area contributed by atoms with Crippen LogP contribution in [0, 0.1) is 0 Å². The summed E-state index contributed by atoms with van der Waals surface area (Å²) in [6.07, 6.45) is 3.29. The molecule has 63 heavy (non-hydrogen) atoms. The number of nitrogens with zero attached hydrogens (tertiary/aromatic N) is 6. The Labute approximate surface area is 367 Å². The zero-order valence-corrected chi connectivity index (χ0v) is 35.8. The van der Waals surface area contributed by atoms with Crippen LogP contribution in [0.1, 0.15) is 66.3 Å². The summed E-state index contributed by atoms with van der Waals surface area (Å²) in [5, 5.41) is 10.3. The number of benzene rings is 4. The lowest BCUT2D eigenvalue weighted by Gasteiger charge is -2.40. The average Bonchev–Trinajstić information content (AvgIpc) is 3.95. The molecule has 13 nitrogen and oxygen atoms in total. The number of hydrogen-bond acceptors (Lipinski definition) is 9. The highest BCUT2D eigenvalue weighted by molar-refractivity contribution is 6.09. The fraction of sp³-hybridized carbons (Fsp3) is 0.380. The molecule has 2 fully saturated rings. The van der Waals surface area contributed by atoms with Gasteiger partial charge in [0.2, 0.25) is 6.79 Å².